The van der Waals surface area contributed by atoms with Crippen molar-refractivity contribution in [2.24, 2.45) is 0 Å². The Morgan fingerprint density at radius 1 is 0.920 bits per heavy atom. The van der Waals surface area contributed by atoms with Crippen LogP contribution in [-0.2, 0) is 19.1 Å². The molecule has 0 fully saturated rings. The van der Waals surface area contributed by atoms with E-state index in [1.165, 1.54) is 12.5 Å². The van der Waals surface area contributed by atoms with Crippen LogP contribution in [0.25, 0.3) is 10.8 Å². The third-order valence-corrected chi connectivity index (χ3v) is 3.00. The minimum Gasteiger partial charge on any atom is -0.461 e. The molecule has 0 saturated heterocycles. The lowest BCUT2D eigenvalue weighted by molar-refractivity contribution is -0.133. The van der Waals surface area contributed by atoms with E-state index < -0.39 is 5.97 Å². The predicted octanol–water partition coefficient (Wildman–Crippen LogP) is 3.83. The second-order valence-corrected chi connectivity index (χ2v) is 4.81. The summed E-state index contributed by atoms with van der Waals surface area (Å²) in [4.78, 5) is 21.4. The molecule has 2 aromatic carbocycles. The standard InChI is InChI=1S/C19H16O6/c1-14(2)19(21)25-12-11-24-18-8-4-5-15-16(18)6-3-7-17(15)23-10-9-22-13-20/h3-13H,1H2,2H3/b10-9-,12-11-. The van der Waals surface area contributed by atoms with Crippen molar-refractivity contribution in [1.82, 2.24) is 0 Å². The van der Waals surface area contributed by atoms with Crippen LogP contribution in [0.5, 0.6) is 11.5 Å². The minimum atomic E-state index is -0.530. The molecule has 25 heavy (non-hydrogen) atoms. The van der Waals surface area contributed by atoms with Crippen LogP contribution in [0, 0.1) is 0 Å². The van der Waals surface area contributed by atoms with Crippen molar-refractivity contribution in [3.8, 4) is 11.5 Å². The first-order valence-corrected chi connectivity index (χ1v) is 7.24. The number of carbonyl (C=O) groups excluding carboxylic acids is 2. The van der Waals surface area contributed by atoms with E-state index in [2.05, 4.69) is 11.3 Å². The van der Waals surface area contributed by atoms with Gasteiger partial charge in [-0.15, -0.1) is 0 Å². The number of rotatable bonds is 8. The number of hydrogen-bond acceptors (Lipinski definition) is 6. The topological polar surface area (TPSA) is 71.1 Å². The van der Waals surface area contributed by atoms with Crippen LogP contribution < -0.4 is 9.47 Å². The minimum absolute atomic E-state index is 0.294. The molecule has 0 aromatic heterocycles. The third-order valence-electron chi connectivity index (χ3n) is 3.00. The van der Waals surface area contributed by atoms with Crippen LogP contribution >= 0.6 is 0 Å². The van der Waals surface area contributed by atoms with Crippen molar-refractivity contribution in [3.63, 3.8) is 0 Å². The van der Waals surface area contributed by atoms with Crippen molar-refractivity contribution in [2.45, 2.75) is 6.92 Å². The van der Waals surface area contributed by atoms with Gasteiger partial charge in [-0.05, 0) is 19.1 Å². The summed E-state index contributed by atoms with van der Waals surface area (Å²) < 4.78 is 20.2. The number of hydrogen-bond donors (Lipinski definition) is 0. The fourth-order valence-corrected chi connectivity index (χ4v) is 1.91. The van der Waals surface area contributed by atoms with Gasteiger partial charge in [0.1, 0.15) is 36.5 Å². The van der Waals surface area contributed by atoms with Crippen LogP contribution in [0.3, 0.4) is 0 Å². The molecule has 6 heteroatoms. The van der Waals surface area contributed by atoms with Gasteiger partial charge in [-0.3, -0.25) is 4.79 Å². The fourth-order valence-electron chi connectivity index (χ4n) is 1.91. The van der Waals surface area contributed by atoms with Crippen LogP contribution in [0.1, 0.15) is 6.92 Å². The summed E-state index contributed by atoms with van der Waals surface area (Å²) in [5, 5.41) is 1.59. The summed E-state index contributed by atoms with van der Waals surface area (Å²) in [6, 6.07) is 10.8. The maximum absolute atomic E-state index is 11.3. The van der Waals surface area contributed by atoms with Crippen molar-refractivity contribution >= 4 is 23.2 Å². The summed E-state index contributed by atoms with van der Waals surface area (Å²) in [6.07, 6.45) is 4.80. The summed E-state index contributed by atoms with van der Waals surface area (Å²) in [7, 11) is 0. The van der Waals surface area contributed by atoms with Crippen molar-refractivity contribution < 1.29 is 28.5 Å². The molecule has 0 aliphatic carbocycles. The van der Waals surface area contributed by atoms with Gasteiger partial charge in [-0.2, -0.15) is 0 Å². The van der Waals surface area contributed by atoms with E-state index >= 15 is 0 Å². The smallest absolute Gasteiger partial charge is 0.338 e. The molecule has 0 N–H and O–H groups in total. The van der Waals surface area contributed by atoms with E-state index in [4.69, 9.17) is 14.2 Å². The number of benzene rings is 2. The van der Waals surface area contributed by atoms with Gasteiger partial charge in [-0.25, -0.2) is 4.79 Å². The highest BCUT2D eigenvalue weighted by Gasteiger charge is 2.06. The van der Waals surface area contributed by atoms with Crippen molar-refractivity contribution in [3.05, 3.63) is 73.6 Å². The molecule has 0 amide bonds. The van der Waals surface area contributed by atoms with Gasteiger partial charge in [-0.1, -0.05) is 30.8 Å². The quantitative estimate of drug-likeness (QED) is 0.315. The predicted molar refractivity (Wildman–Crippen MR) is 91.5 cm³/mol. The van der Waals surface area contributed by atoms with Crippen LogP contribution in [0.4, 0.5) is 0 Å². The van der Waals surface area contributed by atoms with Crippen LogP contribution in [0.15, 0.2) is 73.6 Å². The van der Waals surface area contributed by atoms with Gasteiger partial charge in [0.05, 0.1) is 0 Å². The van der Waals surface area contributed by atoms with Gasteiger partial charge >= 0.3 is 5.97 Å². The highest BCUT2D eigenvalue weighted by atomic mass is 16.5. The Kier molecular flexibility index (Phi) is 6.36. The largest absolute Gasteiger partial charge is 0.461 e. The number of carbonyl (C=O) groups is 2. The second kappa shape index (κ2) is 8.93. The molecule has 0 unspecified atom stereocenters. The first-order valence-electron chi connectivity index (χ1n) is 7.24. The average molecular weight is 340 g/mol. The highest BCUT2D eigenvalue weighted by molar-refractivity contribution is 5.93. The average Bonchev–Trinajstić information content (AvgIpc) is 2.62. The summed E-state index contributed by atoms with van der Waals surface area (Å²) in [6.45, 7) is 5.33. The molecule has 0 spiro atoms. The number of fused-ring (bicyclic) bond motifs is 1. The van der Waals surface area contributed by atoms with Gasteiger partial charge in [0.15, 0.2) is 0 Å². The van der Waals surface area contributed by atoms with Gasteiger partial charge < -0.3 is 18.9 Å². The Morgan fingerprint density at radius 2 is 1.48 bits per heavy atom. The van der Waals surface area contributed by atoms with E-state index in [0.717, 1.165) is 23.3 Å². The fraction of sp³-hybridized carbons (Fsp3) is 0.0526. The van der Waals surface area contributed by atoms with E-state index in [0.29, 0.717) is 23.5 Å². The van der Waals surface area contributed by atoms with Gasteiger partial charge in [0.2, 0.25) is 0 Å². The Hall–Kier alpha value is -3.54. The molecule has 2 aromatic rings. The van der Waals surface area contributed by atoms with E-state index in [-0.39, 0.29) is 0 Å². The Morgan fingerprint density at radius 3 is 2.00 bits per heavy atom. The molecular weight excluding hydrogens is 324 g/mol. The number of ether oxygens (including phenoxy) is 4. The maximum atomic E-state index is 11.3. The monoisotopic (exact) mass is 340 g/mol. The Bertz CT molecular complexity index is 835. The SMILES string of the molecule is C=C(C)C(=O)O/C=C\Oc1cccc2c(O/C=C\OC=O)cccc12. The molecule has 0 saturated carbocycles. The molecule has 0 aliphatic rings. The first kappa shape index (κ1) is 17.8. The zero-order valence-corrected chi connectivity index (χ0v) is 13.5. The summed E-state index contributed by atoms with van der Waals surface area (Å²) in [5.41, 5.74) is 0.295. The highest BCUT2D eigenvalue weighted by Crippen LogP contribution is 2.32. The Labute approximate surface area is 144 Å². The molecule has 0 atom stereocenters. The number of esters is 1. The van der Waals surface area contributed by atoms with E-state index in [1.807, 2.05) is 12.1 Å². The zero-order chi connectivity index (χ0) is 18.1. The zero-order valence-electron chi connectivity index (χ0n) is 13.5. The normalized spacial score (nSPS) is 10.8. The lowest BCUT2D eigenvalue weighted by atomic mass is 10.1. The molecular formula is C19H16O6. The third kappa shape index (κ3) is 4.97. The lowest BCUT2D eigenvalue weighted by Crippen LogP contribution is -1.99. The molecule has 6 nitrogen and oxygen atoms in total. The van der Waals surface area contributed by atoms with Gasteiger partial charge in [0, 0.05) is 16.3 Å². The molecule has 128 valence electrons. The first-order chi connectivity index (χ1) is 12.1. The molecule has 0 aliphatic heterocycles. The Balaban J connectivity index is 2.16. The summed E-state index contributed by atoms with van der Waals surface area (Å²) >= 11 is 0. The van der Waals surface area contributed by atoms with Crippen LogP contribution in [0.2, 0.25) is 0 Å². The summed E-state index contributed by atoms with van der Waals surface area (Å²) in [5.74, 6) is 0.586. The molecule has 0 heterocycles. The molecule has 0 bridgehead atoms. The second-order valence-electron chi connectivity index (χ2n) is 4.81. The van der Waals surface area contributed by atoms with Gasteiger partial charge in [0.25, 0.3) is 6.47 Å². The van der Waals surface area contributed by atoms with E-state index in [9.17, 15) is 9.59 Å². The van der Waals surface area contributed by atoms with Crippen LogP contribution in [-0.4, -0.2) is 12.4 Å². The van der Waals surface area contributed by atoms with Crippen molar-refractivity contribution in [1.29, 1.82) is 0 Å². The molecule has 0 radical (unpaired) electrons. The lowest BCUT2D eigenvalue weighted by Gasteiger charge is -2.09. The van der Waals surface area contributed by atoms with Crippen molar-refractivity contribution in [2.75, 3.05) is 0 Å². The maximum Gasteiger partial charge on any atom is 0.338 e. The molecule has 2 rings (SSSR count). The van der Waals surface area contributed by atoms with E-state index in [1.54, 1.807) is 31.2 Å².